The van der Waals surface area contributed by atoms with Gasteiger partial charge in [0.2, 0.25) is 0 Å². The summed E-state index contributed by atoms with van der Waals surface area (Å²) in [5.74, 6) is 1.74. The second kappa shape index (κ2) is 8.55. The average molecular weight is 451 g/mol. The molecule has 0 unspecified atom stereocenters. The summed E-state index contributed by atoms with van der Waals surface area (Å²) in [5.41, 5.74) is 2.40. The monoisotopic (exact) mass is 450 g/mol. The van der Waals surface area contributed by atoms with Crippen molar-refractivity contribution in [3.8, 4) is 11.4 Å². The SMILES string of the molecule is CC(C)CN(Cn1nc(-c2ccc(C(C)(C)C)cc2)n(C)c1=S)[C@H]1CCS(=O)(=O)C1. The van der Waals surface area contributed by atoms with Crippen molar-refractivity contribution in [2.45, 2.75) is 59.2 Å². The number of rotatable bonds is 6. The Morgan fingerprint density at radius 1 is 1.23 bits per heavy atom. The molecule has 1 atom stereocenters. The van der Waals surface area contributed by atoms with Gasteiger partial charge in [0.1, 0.15) is 0 Å². The predicted molar refractivity (Wildman–Crippen MR) is 125 cm³/mol. The van der Waals surface area contributed by atoms with Crippen LogP contribution in [0, 0.1) is 10.7 Å². The van der Waals surface area contributed by atoms with E-state index in [4.69, 9.17) is 17.3 Å². The molecule has 2 aromatic rings. The lowest BCUT2D eigenvalue weighted by Gasteiger charge is -2.29. The van der Waals surface area contributed by atoms with E-state index >= 15 is 0 Å². The first-order chi connectivity index (χ1) is 13.9. The minimum absolute atomic E-state index is 0.0239. The minimum Gasteiger partial charge on any atom is -0.303 e. The van der Waals surface area contributed by atoms with Crippen molar-refractivity contribution in [3.63, 3.8) is 0 Å². The Hall–Kier alpha value is -1.51. The van der Waals surface area contributed by atoms with E-state index in [1.807, 2.05) is 16.3 Å². The molecule has 1 aliphatic heterocycles. The molecule has 166 valence electrons. The normalized spacial score (nSPS) is 19.1. The van der Waals surface area contributed by atoms with Crippen LogP contribution < -0.4 is 0 Å². The maximum atomic E-state index is 12.0. The highest BCUT2D eigenvalue weighted by molar-refractivity contribution is 7.91. The first-order valence-corrected chi connectivity index (χ1v) is 12.8. The molecular weight excluding hydrogens is 416 g/mol. The van der Waals surface area contributed by atoms with E-state index in [0.29, 0.717) is 23.8 Å². The van der Waals surface area contributed by atoms with E-state index in [2.05, 4.69) is 63.8 Å². The molecule has 1 fully saturated rings. The molecule has 2 heterocycles. The molecule has 1 aromatic heterocycles. The topological polar surface area (TPSA) is 60.1 Å². The van der Waals surface area contributed by atoms with Crippen LogP contribution in [0.15, 0.2) is 24.3 Å². The van der Waals surface area contributed by atoms with Gasteiger partial charge in [0.05, 0.1) is 18.2 Å². The van der Waals surface area contributed by atoms with Crippen molar-refractivity contribution in [1.82, 2.24) is 19.2 Å². The van der Waals surface area contributed by atoms with Gasteiger partial charge in [-0.1, -0.05) is 58.9 Å². The number of sulfone groups is 1. The first kappa shape index (κ1) is 23.2. The predicted octanol–water partition coefficient (Wildman–Crippen LogP) is 4.02. The molecule has 0 aliphatic carbocycles. The summed E-state index contributed by atoms with van der Waals surface area (Å²) >= 11 is 5.67. The fraction of sp³-hybridized carbons (Fsp3) is 0.636. The Balaban J connectivity index is 1.88. The molecule has 0 amide bonds. The second-order valence-corrected chi connectivity index (χ2v) is 12.4. The standard InChI is InChI=1S/C22H34N4O2S2/c1-16(2)13-25(19-11-12-30(27,28)14-19)15-26-21(29)24(6)20(23-26)17-7-9-18(10-8-17)22(3,4)5/h7-10,16,19H,11-15H2,1-6H3/t19-/m0/s1. The molecule has 0 N–H and O–H groups in total. The molecular formula is C22H34N4O2S2. The molecule has 3 rings (SSSR count). The van der Waals surface area contributed by atoms with Crippen molar-refractivity contribution in [2.75, 3.05) is 18.1 Å². The third-order valence-corrected chi connectivity index (χ3v) is 7.93. The van der Waals surface area contributed by atoms with E-state index in [1.54, 1.807) is 0 Å². The van der Waals surface area contributed by atoms with Gasteiger partial charge in [-0.3, -0.25) is 4.90 Å². The van der Waals surface area contributed by atoms with Crippen LogP contribution in [-0.4, -0.2) is 51.8 Å². The number of nitrogens with zero attached hydrogens (tertiary/aromatic N) is 4. The highest BCUT2D eigenvalue weighted by atomic mass is 32.2. The van der Waals surface area contributed by atoms with Crippen LogP contribution in [0.2, 0.25) is 0 Å². The first-order valence-electron chi connectivity index (χ1n) is 10.6. The zero-order valence-electron chi connectivity index (χ0n) is 18.9. The second-order valence-electron chi connectivity index (χ2n) is 9.86. The summed E-state index contributed by atoms with van der Waals surface area (Å²) < 4.78 is 28.4. The van der Waals surface area contributed by atoms with Gasteiger partial charge < -0.3 is 4.57 Å². The Labute approximate surface area is 185 Å². The summed E-state index contributed by atoms with van der Waals surface area (Å²) in [6, 6.07) is 8.50. The maximum Gasteiger partial charge on any atom is 0.199 e. The smallest absolute Gasteiger partial charge is 0.199 e. The molecule has 1 aromatic carbocycles. The molecule has 0 saturated carbocycles. The Morgan fingerprint density at radius 2 is 1.87 bits per heavy atom. The molecule has 0 spiro atoms. The summed E-state index contributed by atoms with van der Waals surface area (Å²) in [6.45, 7) is 12.2. The lowest BCUT2D eigenvalue weighted by Crippen LogP contribution is -2.40. The molecule has 0 bridgehead atoms. The molecule has 8 heteroatoms. The number of hydrogen-bond acceptors (Lipinski definition) is 5. The van der Waals surface area contributed by atoms with E-state index < -0.39 is 9.84 Å². The Kier molecular flexibility index (Phi) is 6.60. The molecule has 1 saturated heterocycles. The summed E-state index contributed by atoms with van der Waals surface area (Å²) in [7, 11) is -1.01. The van der Waals surface area contributed by atoms with Crippen molar-refractivity contribution in [2.24, 2.45) is 13.0 Å². The van der Waals surface area contributed by atoms with Crippen LogP contribution in [0.5, 0.6) is 0 Å². The van der Waals surface area contributed by atoms with E-state index in [0.717, 1.165) is 17.9 Å². The van der Waals surface area contributed by atoms with Crippen molar-refractivity contribution < 1.29 is 8.42 Å². The number of aromatic nitrogens is 3. The lowest BCUT2D eigenvalue weighted by molar-refractivity contribution is 0.137. The van der Waals surface area contributed by atoms with Crippen LogP contribution in [0.4, 0.5) is 0 Å². The fourth-order valence-corrected chi connectivity index (χ4v) is 5.92. The van der Waals surface area contributed by atoms with Gasteiger partial charge in [0.25, 0.3) is 0 Å². The van der Waals surface area contributed by atoms with E-state index in [-0.39, 0.29) is 23.0 Å². The maximum absolute atomic E-state index is 12.0. The number of benzene rings is 1. The van der Waals surface area contributed by atoms with Crippen molar-refractivity contribution in [3.05, 3.63) is 34.6 Å². The zero-order valence-corrected chi connectivity index (χ0v) is 20.6. The van der Waals surface area contributed by atoms with E-state index in [1.165, 1.54) is 5.56 Å². The fourth-order valence-electron chi connectivity index (χ4n) is 3.98. The Morgan fingerprint density at radius 3 is 2.37 bits per heavy atom. The molecule has 0 radical (unpaired) electrons. The molecule has 1 aliphatic rings. The Bertz CT molecular complexity index is 1040. The molecule has 6 nitrogen and oxygen atoms in total. The van der Waals surface area contributed by atoms with Crippen LogP contribution in [-0.2, 0) is 29.0 Å². The van der Waals surface area contributed by atoms with Crippen molar-refractivity contribution in [1.29, 1.82) is 0 Å². The number of hydrogen-bond donors (Lipinski definition) is 0. The summed E-state index contributed by atoms with van der Waals surface area (Å²) in [4.78, 5) is 2.23. The van der Waals surface area contributed by atoms with Gasteiger partial charge in [-0.05, 0) is 35.5 Å². The lowest BCUT2D eigenvalue weighted by atomic mass is 9.87. The third-order valence-electron chi connectivity index (χ3n) is 5.69. The average Bonchev–Trinajstić information content (AvgIpc) is 3.14. The summed E-state index contributed by atoms with van der Waals surface area (Å²) in [5, 5.41) is 4.81. The van der Waals surface area contributed by atoms with Crippen LogP contribution >= 0.6 is 12.2 Å². The van der Waals surface area contributed by atoms with Gasteiger partial charge >= 0.3 is 0 Å². The van der Waals surface area contributed by atoms with Crippen LogP contribution in [0.1, 0.15) is 46.6 Å². The highest BCUT2D eigenvalue weighted by Crippen LogP contribution is 2.26. The van der Waals surface area contributed by atoms with E-state index in [9.17, 15) is 8.42 Å². The van der Waals surface area contributed by atoms with Crippen LogP contribution in [0.25, 0.3) is 11.4 Å². The minimum atomic E-state index is -2.94. The van der Waals surface area contributed by atoms with Gasteiger partial charge in [0.15, 0.2) is 20.4 Å². The highest BCUT2D eigenvalue weighted by Gasteiger charge is 2.33. The van der Waals surface area contributed by atoms with Gasteiger partial charge in [-0.15, -0.1) is 0 Å². The third kappa shape index (κ3) is 5.21. The summed E-state index contributed by atoms with van der Waals surface area (Å²) in [6.07, 6.45) is 0.677. The zero-order chi connectivity index (χ0) is 22.3. The van der Waals surface area contributed by atoms with Gasteiger partial charge in [-0.2, -0.15) is 5.10 Å². The van der Waals surface area contributed by atoms with Crippen molar-refractivity contribution >= 4 is 22.1 Å². The van der Waals surface area contributed by atoms with Gasteiger partial charge in [-0.25, -0.2) is 13.1 Å². The quantitative estimate of drug-likeness (QED) is 0.622. The van der Waals surface area contributed by atoms with Crippen LogP contribution in [0.3, 0.4) is 0 Å². The largest absolute Gasteiger partial charge is 0.303 e. The molecule has 30 heavy (non-hydrogen) atoms. The van der Waals surface area contributed by atoms with Gasteiger partial charge in [0, 0.05) is 25.2 Å².